The molecular formula is C13H15F3O2. The van der Waals surface area contributed by atoms with Crippen molar-refractivity contribution in [2.75, 3.05) is 0 Å². The third-order valence-corrected chi connectivity index (χ3v) is 2.45. The lowest BCUT2D eigenvalue weighted by molar-refractivity contribution is -0.189. The van der Waals surface area contributed by atoms with E-state index in [0.717, 1.165) is 0 Å². The SMILES string of the molecule is Cc1cccc(C(C)(C)C)c1OC(=O)C(F)(F)F. The van der Waals surface area contributed by atoms with Crippen LogP contribution < -0.4 is 4.74 Å². The number of rotatable bonds is 1. The third kappa shape index (κ3) is 3.24. The van der Waals surface area contributed by atoms with Crippen molar-refractivity contribution in [2.45, 2.75) is 39.3 Å². The highest BCUT2D eigenvalue weighted by molar-refractivity contribution is 5.79. The maximum absolute atomic E-state index is 12.2. The second kappa shape index (κ2) is 4.63. The molecule has 0 saturated heterocycles. The first-order chi connectivity index (χ1) is 8.03. The Bertz CT molecular complexity index is 456. The van der Waals surface area contributed by atoms with E-state index in [2.05, 4.69) is 4.74 Å². The van der Waals surface area contributed by atoms with E-state index in [1.807, 2.05) is 20.8 Å². The van der Waals surface area contributed by atoms with Crippen molar-refractivity contribution in [1.29, 1.82) is 0 Å². The predicted octanol–water partition coefficient (Wildman–Crippen LogP) is 3.76. The molecule has 0 saturated carbocycles. The molecule has 1 rings (SSSR count). The molecule has 0 aromatic heterocycles. The van der Waals surface area contributed by atoms with Gasteiger partial charge in [-0.2, -0.15) is 13.2 Å². The lowest BCUT2D eigenvalue weighted by Gasteiger charge is -2.23. The van der Waals surface area contributed by atoms with Crippen LogP contribution in [-0.2, 0) is 10.2 Å². The molecule has 0 aliphatic carbocycles. The number of ether oxygens (including phenoxy) is 1. The van der Waals surface area contributed by atoms with Crippen LogP contribution in [0.3, 0.4) is 0 Å². The average molecular weight is 260 g/mol. The number of aryl methyl sites for hydroxylation is 1. The summed E-state index contributed by atoms with van der Waals surface area (Å²) in [5.74, 6) is -2.20. The van der Waals surface area contributed by atoms with E-state index in [4.69, 9.17) is 0 Å². The first-order valence-corrected chi connectivity index (χ1v) is 5.42. The van der Waals surface area contributed by atoms with Crippen LogP contribution in [0.15, 0.2) is 18.2 Å². The predicted molar refractivity (Wildman–Crippen MR) is 61.6 cm³/mol. The largest absolute Gasteiger partial charge is 0.491 e. The minimum Gasteiger partial charge on any atom is -0.419 e. The molecule has 100 valence electrons. The highest BCUT2D eigenvalue weighted by atomic mass is 19.4. The van der Waals surface area contributed by atoms with Crippen LogP contribution in [0.1, 0.15) is 31.9 Å². The fourth-order valence-electron chi connectivity index (χ4n) is 1.53. The van der Waals surface area contributed by atoms with Crippen LogP contribution in [0.5, 0.6) is 5.75 Å². The van der Waals surface area contributed by atoms with E-state index in [0.29, 0.717) is 11.1 Å². The zero-order valence-corrected chi connectivity index (χ0v) is 10.7. The van der Waals surface area contributed by atoms with Crippen molar-refractivity contribution in [3.63, 3.8) is 0 Å². The molecule has 1 aromatic rings. The van der Waals surface area contributed by atoms with Crippen LogP contribution in [-0.4, -0.2) is 12.1 Å². The number of esters is 1. The Hall–Kier alpha value is -1.52. The summed E-state index contributed by atoms with van der Waals surface area (Å²) in [6.45, 7) is 7.13. The van der Waals surface area contributed by atoms with E-state index >= 15 is 0 Å². The Labute approximate surface area is 104 Å². The van der Waals surface area contributed by atoms with Crippen molar-refractivity contribution in [3.05, 3.63) is 29.3 Å². The smallest absolute Gasteiger partial charge is 0.419 e. The van der Waals surface area contributed by atoms with Gasteiger partial charge in [0.1, 0.15) is 5.75 Å². The van der Waals surface area contributed by atoms with E-state index in [1.165, 1.54) is 0 Å². The fraction of sp³-hybridized carbons (Fsp3) is 0.462. The van der Waals surface area contributed by atoms with Crippen LogP contribution in [0.25, 0.3) is 0 Å². The Morgan fingerprint density at radius 1 is 1.17 bits per heavy atom. The molecule has 0 N–H and O–H groups in total. The molecule has 0 bridgehead atoms. The lowest BCUT2D eigenvalue weighted by Crippen LogP contribution is -2.29. The second-order valence-corrected chi connectivity index (χ2v) is 5.09. The number of para-hydroxylation sites is 1. The van der Waals surface area contributed by atoms with Gasteiger partial charge in [-0.1, -0.05) is 39.0 Å². The Morgan fingerprint density at radius 3 is 2.17 bits per heavy atom. The standard InChI is InChI=1S/C13H15F3O2/c1-8-6-5-7-9(12(2,3)4)10(8)18-11(17)13(14,15)16/h5-7H,1-4H3. The average Bonchev–Trinajstić information content (AvgIpc) is 2.17. The molecule has 0 amide bonds. The summed E-state index contributed by atoms with van der Waals surface area (Å²) in [5, 5.41) is 0. The maximum atomic E-state index is 12.2. The second-order valence-electron chi connectivity index (χ2n) is 5.09. The van der Waals surface area contributed by atoms with Gasteiger partial charge >= 0.3 is 12.1 Å². The molecule has 0 fully saturated rings. The zero-order valence-electron chi connectivity index (χ0n) is 10.7. The number of benzene rings is 1. The highest BCUT2D eigenvalue weighted by Crippen LogP contribution is 2.34. The number of hydrogen-bond donors (Lipinski definition) is 0. The molecule has 0 unspecified atom stereocenters. The summed E-state index contributed by atoms with van der Waals surface area (Å²) in [7, 11) is 0. The minimum atomic E-state index is -4.99. The van der Waals surface area contributed by atoms with Crippen molar-refractivity contribution in [2.24, 2.45) is 0 Å². The quantitative estimate of drug-likeness (QED) is 0.567. The zero-order chi connectivity index (χ0) is 14.1. The van der Waals surface area contributed by atoms with Gasteiger partial charge in [0.2, 0.25) is 0 Å². The van der Waals surface area contributed by atoms with Gasteiger partial charge in [-0.15, -0.1) is 0 Å². The molecule has 0 heterocycles. The fourth-order valence-corrected chi connectivity index (χ4v) is 1.53. The van der Waals surface area contributed by atoms with Crippen molar-refractivity contribution in [3.8, 4) is 5.75 Å². The summed E-state index contributed by atoms with van der Waals surface area (Å²) in [6.07, 6.45) is -4.99. The monoisotopic (exact) mass is 260 g/mol. The summed E-state index contributed by atoms with van der Waals surface area (Å²) >= 11 is 0. The van der Waals surface area contributed by atoms with E-state index in [-0.39, 0.29) is 5.75 Å². The Kier molecular flexibility index (Phi) is 3.74. The Morgan fingerprint density at radius 2 is 1.72 bits per heavy atom. The van der Waals surface area contributed by atoms with Crippen molar-refractivity contribution >= 4 is 5.97 Å². The van der Waals surface area contributed by atoms with Crippen LogP contribution >= 0.6 is 0 Å². The van der Waals surface area contributed by atoms with E-state index < -0.39 is 17.6 Å². The molecule has 18 heavy (non-hydrogen) atoms. The summed E-state index contributed by atoms with van der Waals surface area (Å²) in [5.41, 5.74) is 0.660. The van der Waals surface area contributed by atoms with Gasteiger partial charge in [0, 0.05) is 5.56 Å². The molecule has 0 radical (unpaired) electrons. The topological polar surface area (TPSA) is 26.3 Å². The van der Waals surface area contributed by atoms with Gasteiger partial charge in [0.15, 0.2) is 0 Å². The molecule has 0 aliphatic rings. The van der Waals surface area contributed by atoms with Gasteiger partial charge in [-0.3, -0.25) is 0 Å². The van der Waals surface area contributed by atoms with Crippen LogP contribution in [0.4, 0.5) is 13.2 Å². The molecule has 0 aliphatic heterocycles. The highest BCUT2D eigenvalue weighted by Gasteiger charge is 2.42. The molecule has 0 spiro atoms. The Balaban J connectivity index is 3.20. The van der Waals surface area contributed by atoms with Crippen LogP contribution in [0.2, 0.25) is 0 Å². The molecule has 2 nitrogen and oxygen atoms in total. The number of alkyl halides is 3. The van der Waals surface area contributed by atoms with Gasteiger partial charge in [0.25, 0.3) is 0 Å². The first-order valence-electron chi connectivity index (χ1n) is 5.42. The van der Waals surface area contributed by atoms with Gasteiger partial charge in [-0.05, 0) is 17.9 Å². The normalized spacial score (nSPS) is 12.4. The van der Waals surface area contributed by atoms with E-state index in [9.17, 15) is 18.0 Å². The summed E-state index contributed by atoms with van der Waals surface area (Å²) in [4.78, 5) is 10.9. The maximum Gasteiger partial charge on any atom is 0.491 e. The molecular weight excluding hydrogens is 245 g/mol. The first kappa shape index (κ1) is 14.5. The van der Waals surface area contributed by atoms with E-state index in [1.54, 1.807) is 25.1 Å². The summed E-state index contributed by atoms with van der Waals surface area (Å²) < 4.78 is 41.2. The number of hydrogen-bond acceptors (Lipinski definition) is 2. The van der Waals surface area contributed by atoms with Gasteiger partial charge in [-0.25, -0.2) is 4.79 Å². The molecule has 0 atom stereocenters. The minimum absolute atomic E-state index is 0.00711. The molecule has 1 aromatic carbocycles. The number of halogens is 3. The van der Waals surface area contributed by atoms with Crippen molar-refractivity contribution in [1.82, 2.24) is 0 Å². The third-order valence-electron chi connectivity index (χ3n) is 2.45. The lowest BCUT2D eigenvalue weighted by atomic mass is 9.85. The van der Waals surface area contributed by atoms with Crippen molar-refractivity contribution < 1.29 is 22.7 Å². The molecule has 5 heteroatoms. The number of carbonyl (C=O) groups is 1. The summed E-state index contributed by atoms with van der Waals surface area (Å²) in [6, 6.07) is 4.99. The van der Waals surface area contributed by atoms with Gasteiger partial charge in [0.05, 0.1) is 0 Å². The number of carbonyl (C=O) groups excluding carboxylic acids is 1. The van der Waals surface area contributed by atoms with Crippen LogP contribution in [0, 0.1) is 6.92 Å². The van der Waals surface area contributed by atoms with Gasteiger partial charge < -0.3 is 4.74 Å².